The van der Waals surface area contributed by atoms with Crippen molar-refractivity contribution in [1.29, 1.82) is 0 Å². The summed E-state index contributed by atoms with van der Waals surface area (Å²) in [6.07, 6.45) is 1.54. The Morgan fingerprint density at radius 1 is 1.11 bits per heavy atom. The SMILES string of the molecule is Cc1ccc(-n2c(Cc3ccccc3)nnc2SC2CCN(C)C2=O)c(C)c1. The fraction of sp³-hybridized carbons (Fsp3) is 0.318. The largest absolute Gasteiger partial charge is 0.345 e. The van der Waals surface area contributed by atoms with Gasteiger partial charge < -0.3 is 4.90 Å². The molecule has 144 valence electrons. The molecule has 1 unspecified atom stereocenters. The highest BCUT2D eigenvalue weighted by Crippen LogP contribution is 2.32. The molecule has 0 aliphatic carbocycles. The van der Waals surface area contributed by atoms with E-state index >= 15 is 0 Å². The van der Waals surface area contributed by atoms with Crippen molar-refractivity contribution >= 4 is 17.7 Å². The highest BCUT2D eigenvalue weighted by Gasteiger charge is 2.32. The van der Waals surface area contributed by atoms with Gasteiger partial charge in [0.1, 0.15) is 5.82 Å². The van der Waals surface area contributed by atoms with Crippen molar-refractivity contribution in [2.45, 2.75) is 37.1 Å². The van der Waals surface area contributed by atoms with Crippen LogP contribution in [0.1, 0.15) is 28.9 Å². The standard InChI is InChI=1S/C22H24N4OS/c1-15-9-10-18(16(2)13-15)26-20(14-17-7-5-4-6-8-17)23-24-22(26)28-19-11-12-25(3)21(19)27/h4-10,13,19H,11-12,14H2,1-3H3. The average molecular weight is 393 g/mol. The van der Waals surface area contributed by atoms with Crippen molar-refractivity contribution < 1.29 is 4.79 Å². The fourth-order valence-electron chi connectivity index (χ4n) is 3.59. The number of likely N-dealkylation sites (tertiary alicyclic amines) is 1. The smallest absolute Gasteiger partial charge is 0.235 e. The third-order valence-electron chi connectivity index (χ3n) is 5.12. The van der Waals surface area contributed by atoms with Crippen LogP contribution in [0, 0.1) is 13.8 Å². The van der Waals surface area contributed by atoms with Crippen molar-refractivity contribution in [3.63, 3.8) is 0 Å². The molecule has 3 aromatic rings. The number of benzene rings is 2. The van der Waals surface area contributed by atoms with E-state index in [1.165, 1.54) is 28.5 Å². The first-order valence-corrected chi connectivity index (χ1v) is 10.4. The van der Waals surface area contributed by atoms with E-state index in [9.17, 15) is 4.79 Å². The highest BCUT2D eigenvalue weighted by molar-refractivity contribution is 8.00. The summed E-state index contributed by atoms with van der Waals surface area (Å²) < 4.78 is 2.12. The van der Waals surface area contributed by atoms with Crippen LogP contribution in [0.4, 0.5) is 0 Å². The van der Waals surface area contributed by atoms with Gasteiger partial charge in [-0.15, -0.1) is 10.2 Å². The van der Waals surface area contributed by atoms with Gasteiger partial charge in [0.15, 0.2) is 5.16 Å². The minimum Gasteiger partial charge on any atom is -0.345 e. The van der Waals surface area contributed by atoms with Crippen LogP contribution in [0.15, 0.2) is 53.7 Å². The first kappa shape index (κ1) is 18.7. The zero-order valence-corrected chi connectivity index (χ0v) is 17.2. The van der Waals surface area contributed by atoms with Gasteiger partial charge in [-0.2, -0.15) is 0 Å². The van der Waals surface area contributed by atoms with Crippen LogP contribution in [0.25, 0.3) is 5.69 Å². The molecule has 1 aliphatic rings. The van der Waals surface area contributed by atoms with Crippen molar-refractivity contribution in [3.8, 4) is 5.69 Å². The molecule has 2 aromatic carbocycles. The lowest BCUT2D eigenvalue weighted by Gasteiger charge is -2.15. The van der Waals surface area contributed by atoms with Crippen LogP contribution in [0.3, 0.4) is 0 Å². The van der Waals surface area contributed by atoms with Crippen LogP contribution in [-0.2, 0) is 11.2 Å². The molecule has 1 fully saturated rings. The predicted octanol–water partition coefficient (Wildman–Crippen LogP) is 3.80. The molecule has 1 aromatic heterocycles. The molecule has 5 nitrogen and oxygen atoms in total. The third-order valence-corrected chi connectivity index (χ3v) is 6.32. The van der Waals surface area contributed by atoms with Gasteiger partial charge in [-0.3, -0.25) is 9.36 Å². The summed E-state index contributed by atoms with van der Waals surface area (Å²) in [6, 6.07) is 16.7. The Hall–Kier alpha value is -2.60. The predicted molar refractivity (Wildman–Crippen MR) is 112 cm³/mol. The molecular formula is C22H24N4OS. The van der Waals surface area contributed by atoms with Crippen LogP contribution in [0.2, 0.25) is 0 Å². The second-order valence-corrected chi connectivity index (χ2v) is 8.51. The van der Waals surface area contributed by atoms with Crippen LogP contribution in [-0.4, -0.2) is 44.4 Å². The average Bonchev–Trinajstić information content (AvgIpc) is 3.21. The first-order valence-electron chi connectivity index (χ1n) is 9.50. The molecule has 0 N–H and O–H groups in total. The third kappa shape index (κ3) is 3.69. The topological polar surface area (TPSA) is 51.0 Å². The van der Waals surface area contributed by atoms with E-state index in [0.29, 0.717) is 6.42 Å². The summed E-state index contributed by atoms with van der Waals surface area (Å²) in [6.45, 7) is 5.00. The van der Waals surface area contributed by atoms with Crippen LogP contribution < -0.4 is 0 Å². The number of hydrogen-bond donors (Lipinski definition) is 0. The number of hydrogen-bond acceptors (Lipinski definition) is 4. The minimum atomic E-state index is -0.0942. The first-order chi connectivity index (χ1) is 13.5. The van der Waals surface area contributed by atoms with Gasteiger partial charge in [-0.25, -0.2) is 0 Å². The molecule has 2 heterocycles. The normalized spacial score (nSPS) is 16.8. The van der Waals surface area contributed by atoms with Crippen molar-refractivity contribution in [1.82, 2.24) is 19.7 Å². The number of carbonyl (C=O) groups excluding carboxylic acids is 1. The minimum absolute atomic E-state index is 0.0942. The van der Waals surface area contributed by atoms with Gasteiger partial charge >= 0.3 is 0 Å². The Bertz CT molecular complexity index is 999. The van der Waals surface area contributed by atoms with Crippen molar-refractivity contribution in [2.24, 2.45) is 0 Å². The molecule has 0 spiro atoms. The van der Waals surface area contributed by atoms with E-state index in [1.54, 1.807) is 4.90 Å². The Morgan fingerprint density at radius 2 is 1.89 bits per heavy atom. The number of amides is 1. The van der Waals surface area contributed by atoms with Gasteiger partial charge in [-0.1, -0.05) is 59.8 Å². The number of rotatable bonds is 5. The van der Waals surface area contributed by atoms with Gasteiger partial charge in [0, 0.05) is 20.0 Å². The molecule has 1 amide bonds. The summed E-state index contributed by atoms with van der Waals surface area (Å²) in [5, 5.41) is 9.67. The summed E-state index contributed by atoms with van der Waals surface area (Å²) in [7, 11) is 1.86. The van der Waals surface area contributed by atoms with Gasteiger partial charge in [0.2, 0.25) is 5.91 Å². The Balaban J connectivity index is 1.74. The summed E-state index contributed by atoms with van der Waals surface area (Å²) >= 11 is 1.53. The lowest BCUT2D eigenvalue weighted by Crippen LogP contribution is -2.24. The van der Waals surface area contributed by atoms with Gasteiger partial charge in [0.05, 0.1) is 10.9 Å². The molecule has 4 rings (SSSR count). The molecule has 0 saturated carbocycles. The summed E-state index contributed by atoms with van der Waals surface area (Å²) in [4.78, 5) is 14.2. The molecule has 6 heteroatoms. The summed E-state index contributed by atoms with van der Waals surface area (Å²) in [5.41, 5.74) is 4.66. The second-order valence-electron chi connectivity index (χ2n) is 7.34. The fourth-order valence-corrected chi connectivity index (χ4v) is 4.75. The Kier molecular flexibility index (Phi) is 5.22. The molecule has 0 radical (unpaired) electrons. The monoisotopic (exact) mass is 392 g/mol. The molecule has 28 heavy (non-hydrogen) atoms. The zero-order valence-electron chi connectivity index (χ0n) is 16.4. The summed E-state index contributed by atoms with van der Waals surface area (Å²) in [5.74, 6) is 1.06. The Labute approximate surface area is 169 Å². The lowest BCUT2D eigenvalue weighted by atomic mass is 10.1. The molecule has 1 atom stereocenters. The van der Waals surface area contributed by atoms with E-state index in [1.807, 2.05) is 25.2 Å². The number of carbonyl (C=O) groups is 1. The quantitative estimate of drug-likeness (QED) is 0.663. The highest BCUT2D eigenvalue weighted by atomic mass is 32.2. The maximum Gasteiger partial charge on any atom is 0.235 e. The number of aromatic nitrogens is 3. The molecule has 1 saturated heterocycles. The van der Waals surface area contributed by atoms with E-state index < -0.39 is 0 Å². The van der Waals surface area contributed by atoms with Gasteiger partial charge in [-0.05, 0) is 37.5 Å². The lowest BCUT2D eigenvalue weighted by molar-refractivity contribution is -0.126. The van der Waals surface area contributed by atoms with Crippen molar-refractivity contribution in [2.75, 3.05) is 13.6 Å². The van der Waals surface area contributed by atoms with Crippen LogP contribution >= 0.6 is 11.8 Å². The number of thioether (sulfide) groups is 1. The van der Waals surface area contributed by atoms with Crippen molar-refractivity contribution in [3.05, 3.63) is 71.0 Å². The number of nitrogens with zero attached hydrogens (tertiary/aromatic N) is 4. The maximum absolute atomic E-state index is 12.4. The Morgan fingerprint density at radius 3 is 2.57 bits per heavy atom. The van der Waals surface area contributed by atoms with E-state index in [-0.39, 0.29) is 11.2 Å². The van der Waals surface area contributed by atoms with Gasteiger partial charge in [0.25, 0.3) is 0 Å². The molecule has 0 bridgehead atoms. The molecular weight excluding hydrogens is 368 g/mol. The van der Waals surface area contributed by atoms with E-state index in [2.05, 4.69) is 58.9 Å². The van der Waals surface area contributed by atoms with E-state index in [4.69, 9.17) is 0 Å². The van der Waals surface area contributed by atoms with Crippen LogP contribution in [0.5, 0.6) is 0 Å². The van der Waals surface area contributed by atoms with E-state index in [0.717, 1.165) is 29.6 Å². The molecule has 1 aliphatic heterocycles. The number of aryl methyl sites for hydroxylation is 2. The zero-order chi connectivity index (χ0) is 19.7. The maximum atomic E-state index is 12.4. The second kappa shape index (κ2) is 7.80.